The van der Waals surface area contributed by atoms with Crippen molar-refractivity contribution in [1.82, 2.24) is 29.0 Å². The molecule has 0 spiro atoms. The highest BCUT2D eigenvalue weighted by Gasteiger charge is 2.36. The van der Waals surface area contributed by atoms with Crippen LogP contribution in [0.2, 0.25) is 0 Å². The Morgan fingerprint density at radius 1 is 1.27 bits per heavy atom. The van der Waals surface area contributed by atoms with Crippen LogP contribution in [-0.2, 0) is 11.3 Å². The molecule has 2 atom stereocenters. The molecule has 2 aliphatic heterocycles. The molecule has 6 rings (SSSR count). The van der Waals surface area contributed by atoms with Crippen LogP contribution >= 0.6 is 0 Å². The lowest BCUT2D eigenvalue weighted by molar-refractivity contribution is -0.0794. The van der Waals surface area contributed by atoms with Crippen LogP contribution in [-0.4, -0.2) is 87.1 Å². The van der Waals surface area contributed by atoms with Crippen LogP contribution in [0.1, 0.15) is 6.42 Å². The van der Waals surface area contributed by atoms with Gasteiger partial charge in [0.2, 0.25) is 11.8 Å². The van der Waals surface area contributed by atoms with Crippen LogP contribution in [0.15, 0.2) is 30.7 Å². The first-order valence-electron chi connectivity index (χ1n) is 12.0. The number of halogens is 4. The van der Waals surface area contributed by atoms with Crippen LogP contribution in [0.5, 0.6) is 5.88 Å². The summed E-state index contributed by atoms with van der Waals surface area (Å²) in [4.78, 5) is 10.6. The Kier molecular flexibility index (Phi) is 6.11. The van der Waals surface area contributed by atoms with Crippen molar-refractivity contribution in [2.75, 3.05) is 38.7 Å². The Bertz CT molecular complexity index is 1440. The fourth-order valence-electron chi connectivity index (χ4n) is 5.03. The van der Waals surface area contributed by atoms with Crippen LogP contribution in [0, 0.1) is 5.82 Å². The molecule has 9 nitrogen and oxygen atoms in total. The Hall–Kier alpha value is -3.45. The highest BCUT2D eigenvalue weighted by atomic mass is 19.3. The number of fused-ring (bicyclic) bond motifs is 2. The van der Waals surface area contributed by atoms with Gasteiger partial charge in [-0.15, -0.1) is 5.10 Å². The number of anilines is 1. The van der Waals surface area contributed by atoms with Gasteiger partial charge in [-0.2, -0.15) is 4.98 Å². The third-order valence-electron chi connectivity index (χ3n) is 7.01. The van der Waals surface area contributed by atoms with Gasteiger partial charge in [0.25, 0.3) is 6.43 Å². The Balaban J connectivity index is 1.32. The first-order valence-corrected chi connectivity index (χ1v) is 12.0. The van der Waals surface area contributed by atoms with Crippen LogP contribution in [0.4, 0.5) is 23.5 Å². The van der Waals surface area contributed by atoms with Gasteiger partial charge in [0.05, 0.1) is 68.1 Å². The van der Waals surface area contributed by atoms with Gasteiger partial charge in [-0.1, -0.05) is 6.07 Å². The third-order valence-corrected chi connectivity index (χ3v) is 7.01. The number of aromatic nitrogens is 5. The standard InChI is InChI=1S/C24H25F4N7O2/c1-36-23-22-21(13-2-3-18-19(6-13)34(12-29-18)9-20(27)28)16(26)8-35(22)32-24(31-23)30-17-4-5-33(7-15(17)25)14-10-37-11-14/h2-3,6,8,12,14-15,17,20H,4-5,7,9-11H2,1H3,(H,30,32)/t15-,17-/m1/s1. The van der Waals surface area contributed by atoms with Crippen molar-refractivity contribution >= 4 is 22.5 Å². The number of benzene rings is 1. The molecule has 3 aromatic heterocycles. The molecule has 0 radical (unpaired) electrons. The molecule has 0 saturated carbocycles. The minimum atomic E-state index is -2.56. The average Bonchev–Trinajstić information content (AvgIpc) is 3.38. The van der Waals surface area contributed by atoms with Crippen molar-refractivity contribution in [3.63, 3.8) is 0 Å². The van der Waals surface area contributed by atoms with E-state index >= 15 is 4.39 Å². The second-order valence-electron chi connectivity index (χ2n) is 9.32. The Labute approximate surface area is 209 Å². The number of rotatable bonds is 7. The zero-order valence-electron chi connectivity index (χ0n) is 20.0. The van der Waals surface area contributed by atoms with Crippen molar-refractivity contribution in [1.29, 1.82) is 0 Å². The fourth-order valence-corrected chi connectivity index (χ4v) is 5.03. The number of hydrogen-bond donors (Lipinski definition) is 1. The van der Waals surface area contributed by atoms with E-state index in [1.54, 1.807) is 18.2 Å². The molecule has 2 fully saturated rings. The smallest absolute Gasteiger partial charge is 0.256 e. The molecular weight excluding hydrogens is 494 g/mol. The maximum absolute atomic E-state index is 15.3. The zero-order valence-corrected chi connectivity index (χ0v) is 20.0. The number of piperidine rings is 1. The SMILES string of the molecule is COc1nc(N[C@@H]2CCN(C3COC3)C[C@H]2F)nn2cc(F)c(-c3ccc4ncn(CC(F)F)c4c3)c12. The molecule has 0 bridgehead atoms. The highest BCUT2D eigenvalue weighted by molar-refractivity contribution is 5.90. The number of methoxy groups -OCH3 is 1. The normalized spacial score (nSPS) is 21.1. The number of imidazole rings is 1. The first kappa shape index (κ1) is 23.9. The fraction of sp³-hybridized carbons (Fsp3) is 0.458. The second-order valence-corrected chi connectivity index (χ2v) is 9.32. The van der Waals surface area contributed by atoms with Gasteiger partial charge < -0.3 is 19.4 Å². The highest BCUT2D eigenvalue weighted by Crippen LogP contribution is 2.35. The van der Waals surface area contributed by atoms with Crippen molar-refractivity contribution < 1.29 is 27.0 Å². The summed E-state index contributed by atoms with van der Waals surface area (Å²) in [6.45, 7) is 1.75. The van der Waals surface area contributed by atoms with E-state index in [9.17, 15) is 13.2 Å². The number of ether oxygens (including phenoxy) is 2. The molecule has 0 unspecified atom stereocenters. The van der Waals surface area contributed by atoms with E-state index in [-0.39, 0.29) is 35.5 Å². The minimum Gasteiger partial charge on any atom is -0.479 e. The van der Waals surface area contributed by atoms with Gasteiger partial charge in [-0.25, -0.2) is 27.1 Å². The first-order chi connectivity index (χ1) is 17.9. The molecule has 13 heteroatoms. The van der Waals surface area contributed by atoms with E-state index in [1.807, 2.05) is 0 Å². The molecular formula is C24H25F4N7O2. The molecule has 1 aromatic carbocycles. The van der Waals surface area contributed by atoms with Crippen molar-refractivity contribution in [3.05, 3.63) is 36.5 Å². The Morgan fingerprint density at radius 2 is 2.11 bits per heavy atom. The number of alkyl halides is 3. The Morgan fingerprint density at radius 3 is 2.81 bits per heavy atom. The largest absolute Gasteiger partial charge is 0.479 e. The molecule has 4 aromatic rings. The van der Waals surface area contributed by atoms with Gasteiger partial charge >= 0.3 is 0 Å². The maximum atomic E-state index is 15.3. The number of nitrogens with zero attached hydrogens (tertiary/aromatic N) is 6. The van der Waals surface area contributed by atoms with Crippen molar-refractivity contribution in [2.45, 2.75) is 37.6 Å². The van der Waals surface area contributed by atoms with E-state index in [1.165, 1.54) is 28.7 Å². The summed E-state index contributed by atoms with van der Waals surface area (Å²) in [5, 5.41) is 7.41. The monoisotopic (exact) mass is 519 g/mol. The second kappa shape index (κ2) is 9.45. The zero-order chi connectivity index (χ0) is 25.7. The molecule has 2 aliphatic rings. The topological polar surface area (TPSA) is 81.7 Å². The molecule has 1 N–H and O–H groups in total. The van der Waals surface area contributed by atoms with E-state index in [4.69, 9.17) is 9.47 Å². The summed E-state index contributed by atoms with van der Waals surface area (Å²) in [6.07, 6.45) is -0.623. The quantitative estimate of drug-likeness (QED) is 0.375. The van der Waals surface area contributed by atoms with Gasteiger partial charge in [0.15, 0.2) is 5.82 Å². The molecule has 5 heterocycles. The van der Waals surface area contributed by atoms with Crippen LogP contribution in [0.3, 0.4) is 0 Å². The maximum Gasteiger partial charge on any atom is 0.256 e. The summed E-state index contributed by atoms with van der Waals surface area (Å²) in [7, 11) is 1.40. The summed E-state index contributed by atoms with van der Waals surface area (Å²) in [5.74, 6) is -0.384. The van der Waals surface area contributed by atoms with Gasteiger partial charge in [-0.3, -0.25) is 4.90 Å². The molecule has 2 saturated heterocycles. The third kappa shape index (κ3) is 4.35. The van der Waals surface area contributed by atoms with E-state index in [2.05, 4.69) is 25.3 Å². The predicted octanol–water partition coefficient (Wildman–Crippen LogP) is 3.38. The predicted molar refractivity (Wildman–Crippen MR) is 127 cm³/mol. The van der Waals surface area contributed by atoms with Crippen LogP contribution in [0.25, 0.3) is 27.7 Å². The number of hydrogen-bond acceptors (Lipinski definition) is 7. The lowest BCUT2D eigenvalue weighted by Crippen LogP contribution is -2.57. The summed E-state index contributed by atoms with van der Waals surface area (Å²) in [6, 6.07) is 4.66. The summed E-state index contributed by atoms with van der Waals surface area (Å²) >= 11 is 0. The average molecular weight is 520 g/mol. The molecule has 196 valence electrons. The van der Waals surface area contributed by atoms with Crippen molar-refractivity contribution in [3.8, 4) is 17.0 Å². The van der Waals surface area contributed by atoms with Gasteiger partial charge in [0, 0.05) is 13.1 Å². The van der Waals surface area contributed by atoms with Gasteiger partial charge in [-0.05, 0) is 24.1 Å². The molecule has 0 aliphatic carbocycles. The van der Waals surface area contributed by atoms with Gasteiger partial charge in [0.1, 0.15) is 11.7 Å². The summed E-state index contributed by atoms with van der Waals surface area (Å²) < 4.78 is 69.5. The van der Waals surface area contributed by atoms with Crippen molar-refractivity contribution in [2.24, 2.45) is 0 Å². The minimum absolute atomic E-state index is 0.0945. The van der Waals surface area contributed by atoms with E-state index in [0.717, 1.165) is 6.54 Å². The number of likely N-dealkylation sites (tertiary alicyclic amines) is 1. The van der Waals surface area contributed by atoms with Crippen LogP contribution < -0.4 is 10.1 Å². The lowest BCUT2D eigenvalue weighted by Gasteiger charge is -2.42. The molecule has 37 heavy (non-hydrogen) atoms. The number of nitrogens with one attached hydrogen (secondary N) is 1. The van der Waals surface area contributed by atoms with E-state index < -0.39 is 31.0 Å². The summed E-state index contributed by atoms with van der Waals surface area (Å²) in [5.41, 5.74) is 1.82. The molecule has 0 amide bonds. The lowest BCUT2D eigenvalue weighted by atomic mass is 10.0. The van der Waals surface area contributed by atoms with E-state index in [0.29, 0.717) is 36.2 Å².